The van der Waals surface area contributed by atoms with Crippen LogP contribution >= 0.6 is 11.8 Å². The van der Waals surface area contributed by atoms with E-state index >= 15 is 4.39 Å². The SMILES string of the molecule is CCOC(=O)c1c2n(c3c(OC)c(N4CCN(C)CC4)c(F)cc3c1=O)CS2. The van der Waals surface area contributed by atoms with Crippen molar-refractivity contribution in [3.8, 4) is 5.75 Å². The summed E-state index contributed by atoms with van der Waals surface area (Å²) >= 11 is 1.40. The van der Waals surface area contributed by atoms with Crippen molar-refractivity contribution in [1.29, 1.82) is 0 Å². The fourth-order valence-corrected chi connectivity index (χ4v) is 4.68. The molecule has 0 aliphatic carbocycles. The largest absolute Gasteiger partial charge is 0.492 e. The number of methoxy groups -OCH3 is 1. The van der Waals surface area contributed by atoms with E-state index < -0.39 is 17.2 Å². The number of carbonyl (C=O) groups excluding carboxylic acids is 1. The second kappa shape index (κ2) is 7.29. The third kappa shape index (κ3) is 2.84. The zero-order chi connectivity index (χ0) is 20.0. The monoisotopic (exact) mass is 407 g/mol. The minimum absolute atomic E-state index is 0.0283. The Hall–Kier alpha value is -2.26. The Morgan fingerprint density at radius 1 is 1.29 bits per heavy atom. The number of benzene rings is 1. The number of hydrogen-bond donors (Lipinski definition) is 0. The maximum atomic E-state index is 15.2. The number of piperazine rings is 1. The smallest absolute Gasteiger partial charge is 0.344 e. The summed E-state index contributed by atoms with van der Waals surface area (Å²) in [4.78, 5) is 29.5. The normalized spacial score (nSPS) is 16.6. The summed E-state index contributed by atoms with van der Waals surface area (Å²) in [6.07, 6.45) is 0. The third-order valence-electron chi connectivity index (χ3n) is 5.22. The number of hydrogen-bond acceptors (Lipinski definition) is 7. The van der Waals surface area contributed by atoms with Gasteiger partial charge in [-0.05, 0) is 20.0 Å². The molecule has 2 aliphatic heterocycles. The van der Waals surface area contributed by atoms with Gasteiger partial charge in [-0.1, -0.05) is 11.8 Å². The van der Waals surface area contributed by atoms with Gasteiger partial charge in [-0.15, -0.1) is 0 Å². The number of rotatable bonds is 4. The number of fused-ring (bicyclic) bond motifs is 3. The minimum atomic E-state index is -0.673. The molecule has 2 aromatic rings. The van der Waals surface area contributed by atoms with Crippen LogP contribution in [0.3, 0.4) is 0 Å². The highest BCUT2D eigenvalue weighted by molar-refractivity contribution is 7.99. The molecule has 0 bridgehead atoms. The zero-order valence-corrected chi connectivity index (χ0v) is 16.9. The highest BCUT2D eigenvalue weighted by atomic mass is 32.2. The lowest BCUT2D eigenvalue weighted by Crippen LogP contribution is -2.45. The van der Waals surface area contributed by atoms with Gasteiger partial charge < -0.3 is 23.8 Å². The fourth-order valence-electron chi connectivity index (χ4n) is 3.75. The van der Waals surface area contributed by atoms with Crippen LogP contribution in [0.4, 0.5) is 10.1 Å². The predicted molar refractivity (Wildman–Crippen MR) is 106 cm³/mol. The Bertz CT molecular complexity index is 1010. The van der Waals surface area contributed by atoms with Crippen LogP contribution in [0.1, 0.15) is 17.3 Å². The highest BCUT2D eigenvalue weighted by Crippen LogP contribution is 2.44. The Labute approximate surface area is 166 Å². The quantitative estimate of drug-likeness (QED) is 0.720. The van der Waals surface area contributed by atoms with Crippen LogP contribution in [0.5, 0.6) is 5.75 Å². The molecule has 0 saturated carbocycles. The molecule has 0 amide bonds. The van der Waals surface area contributed by atoms with Crippen LogP contribution in [0, 0.1) is 5.82 Å². The second-order valence-electron chi connectivity index (χ2n) is 6.86. The van der Waals surface area contributed by atoms with Gasteiger partial charge in [-0.25, -0.2) is 9.18 Å². The summed E-state index contributed by atoms with van der Waals surface area (Å²) in [6, 6.07) is 1.23. The molecule has 0 N–H and O–H groups in total. The molecule has 1 aromatic heterocycles. The molecule has 0 spiro atoms. The summed E-state index contributed by atoms with van der Waals surface area (Å²) < 4.78 is 27.6. The molecule has 28 heavy (non-hydrogen) atoms. The van der Waals surface area contributed by atoms with Gasteiger partial charge in [0.2, 0.25) is 5.43 Å². The van der Waals surface area contributed by atoms with Crippen LogP contribution in [0.2, 0.25) is 0 Å². The molecule has 2 aliphatic rings. The molecule has 7 nitrogen and oxygen atoms in total. The van der Waals surface area contributed by atoms with Crippen molar-refractivity contribution in [2.75, 3.05) is 51.8 Å². The molecule has 1 aromatic carbocycles. The Kier molecular flexibility index (Phi) is 4.96. The number of ether oxygens (including phenoxy) is 2. The Balaban J connectivity index is 1.96. The first-order valence-corrected chi connectivity index (χ1v) is 10.2. The lowest BCUT2D eigenvalue weighted by Gasteiger charge is -2.36. The van der Waals surface area contributed by atoms with Crippen molar-refractivity contribution in [1.82, 2.24) is 9.47 Å². The fraction of sp³-hybridized carbons (Fsp3) is 0.474. The standard InChI is InChI=1S/C19H22FN3O4S/c1-4-27-19(25)13-16(24)11-9-12(20)15(22-7-5-21(2)6-8-22)17(26-3)14(11)23-10-28-18(13)23/h9H,4-8,10H2,1-3H3. The topological polar surface area (TPSA) is 64.0 Å². The lowest BCUT2D eigenvalue weighted by atomic mass is 10.1. The number of aromatic nitrogens is 1. The zero-order valence-electron chi connectivity index (χ0n) is 16.1. The highest BCUT2D eigenvalue weighted by Gasteiger charge is 2.33. The van der Waals surface area contributed by atoms with Gasteiger partial charge in [0.25, 0.3) is 0 Å². The minimum Gasteiger partial charge on any atom is -0.492 e. The third-order valence-corrected chi connectivity index (χ3v) is 6.30. The van der Waals surface area contributed by atoms with E-state index in [0.29, 0.717) is 40.9 Å². The lowest BCUT2D eigenvalue weighted by molar-refractivity contribution is 0.0518. The van der Waals surface area contributed by atoms with E-state index in [1.807, 2.05) is 16.5 Å². The van der Waals surface area contributed by atoms with Gasteiger partial charge in [0.05, 0.1) is 35.5 Å². The molecule has 0 atom stereocenters. The predicted octanol–water partition coefficient (Wildman–Crippen LogP) is 2.14. The van der Waals surface area contributed by atoms with E-state index in [0.717, 1.165) is 13.1 Å². The molecule has 4 rings (SSSR count). The van der Waals surface area contributed by atoms with E-state index in [1.165, 1.54) is 24.9 Å². The molecular weight excluding hydrogens is 385 g/mol. The van der Waals surface area contributed by atoms with Crippen molar-refractivity contribution in [3.05, 3.63) is 27.7 Å². The molecule has 3 heterocycles. The number of nitrogens with zero attached hydrogens (tertiary/aromatic N) is 3. The molecule has 1 saturated heterocycles. The van der Waals surface area contributed by atoms with Crippen molar-refractivity contribution in [3.63, 3.8) is 0 Å². The summed E-state index contributed by atoms with van der Waals surface area (Å²) in [6.45, 7) is 4.82. The number of thioether (sulfide) groups is 1. The number of pyridine rings is 1. The summed E-state index contributed by atoms with van der Waals surface area (Å²) in [5.74, 6) is -0.294. The van der Waals surface area contributed by atoms with Gasteiger partial charge in [0.1, 0.15) is 11.3 Å². The number of halogens is 1. The second-order valence-corrected chi connectivity index (χ2v) is 7.79. The van der Waals surface area contributed by atoms with Crippen molar-refractivity contribution in [2.45, 2.75) is 17.8 Å². The van der Waals surface area contributed by atoms with Gasteiger partial charge in [0.15, 0.2) is 11.6 Å². The van der Waals surface area contributed by atoms with Gasteiger partial charge >= 0.3 is 5.97 Å². The van der Waals surface area contributed by atoms with E-state index in [9.17, 15) is 9.59 Å². The van der Waals surface area contributed by atoms with Crippen LogP contribution in [0.15, 0.2) is 15.9 Å². The van der Waals surface area contributed by atoms with E-state index in [1.54, 1.807) is 6.92 Å². The first-order chi connectivity index (χ1) is 13.5. The molecular formula is C19H22FN3O4S. The van der Waals surface area contributed by atoms with Crippen LogP contribution in [-0.2, 0) is 10.6 Å². The Morgan fingerprint density at radius 3 is 2.57 bits per heavy atom. The van der Waals surface area contributed by atoms with Gasteiger partial charge in [-0.3, -0.25) is 4.79 Å². The number of esters is 1. The Morgan fingerprint density at radius 2 is 2.00 bits per heavy atom. The van der Waals surface area contributed by atoms with E-state index in [-0.39, 0.29) is 17.6 Å². The average Bonchev–Trinajstić information content (AvgIpc) is 2.65. The maximum Gasteiger partial charge on any atom is 0.344 e. The van der Waals surface area contributed by atoms with Crippen LogP contribution in [-0.4, -0.2) is 62.4 Å². The molecule has 0 unspecified atom stereocenters. The summed E-state index contributed by atoms with van der Waals surface area (Å²) in [5, 5.41) is 0.685. The van der Waals surface area contributed by atoms with Crippen LogP contribution < -0.4 is 15.1 Å². The molecule has 9 heteroatoms. The maximum absolute atomic E-state index is 15.2. The molecule has 150 valence electrons. The number of likely N-dealkylation sites (N-methyl/N-ethyl adjacent to an activating group) is 1. The van der Waals surface area contributed by atoms with Crippen molar-refractivity contribution >= 4 is 34.3 Å². The first-order valence-electron chi connectivity index (χ1n) is 9.18. The molecule has 1 fully saturated rings. The summed E-state index contributed by atoms with van der Waals surface area (Å²) in [5.41, 5.74) is 0.357. The molecule has 0 radical (unpaired) electrons. The summed E-state index contributed by atoms with van der Waals surface area (Å²) in [7, 11) is 3.51. The van der Waals surface area contributed by atoms with Crippen molar-refractivity contribution < 1.29 is 18.7 Å². The van der Waals surface area contributed by atoms with E-state index in [4.69, 9.17) is 9.47 Å². The van der Waals surface area contributed by atoms with Gasteiger partial charge in [0, 0.05) is 26.2 Å². The average molecular weight is 407 g/mol. The van der Waals surface area contributed by atoms with Crippen molar-refractivity contribution in [2.24, 2.45) is 0 Å². The number of anilines is 1. The van der Waals surface area contributed by atoms with E-state index in [2.05, 4.69) is 4.90 Å². The first kappa shape index (κ1) is 19.1. The van der Waals surface area contributed by atoms with Crippen LogP contribution in [0.25, 0.3) is 10.9 Å². The van der Waals surface area contributed by atoms with Gasteiger partial charge in [-0.2, -0.15) is 0 Å². The number of carbonyl (C=O) groups is 1.